The molecule has 1 unspecified atom stereocenters. The molecule has 3 heteroatoms. The monoisotopic (exact) mass is 281 g/mol. The summed E-state index contributed by atoms with van der Waals surface area (Å²) in [5.74, 6) is 0.903. The number of rotatable bonds is 3. The minimum atomic E-state index is 0.224. The van der Waals surface area contributed by atoms with E-state index in [0.29, 0.717) is 6.04 Å². The second kappa shape index (κ2) is 6.17. The first-order valence-electron chi connectivity index (χ1n) is 7.75. The zero-order valence-electron chi connectivity index (χ0n) is 12.8. The molecule has 21 heavy (non-hydrogen) atoms. The quantitative estimate of drug-likeness (QED) is 0.666. The molecule has 0 spiro atoms. The third-order valence-electron chi connectivity index (χ3n) is 4.31. The summed E-state index contributed by atoms with van der Waals surface area (Å²) in [6.45, 7) is 2.19. The largest absolute Gasteiger partial charge is 0.354 e. The van der Waals surface area contributed by atoms with E-state index in [4.69, 9.17) is 0 Å². The molecule has 3 rings (SSSR count). The van der Waals surface area contributed by atoms with Gasteiger partial charge in [0, 0.05) is 13.1 Å². The van der Waals surface area contributed by atoms with Crippen LogP contribution in [0.5, 0.6) is 0 Å². The molecule has 0 radical (unpaired) electrons. The third kappa shape index (κ3) is 3.02. The Morgan fingerprint density at radius 1 is 1.14 bits per heavy atom. The van der Waals surface area contributed by atoms with Crippen molar-refractivity contribution in [3.8, 4) is 0 Å². The van der Waals surface area contributed by atoms with Gasteiger partial charge in [-0.3, -0.25) is 4.99 Å². The van der Waals surface area contributed by atoms with Gasteiger partial charge in [0.15, 0.2) is 5.96 Å². The number of aliphatic imine (C=N–C) groups is 1. The van der Waals surface area contributed by atoms with Crippen molar-refractivity contribution in [1.29, 1.82) is 0 Å². The van der Waals surface area contributed by atoms with E-state index < -0.39 is 0 Å². The topological polar surface area (TPSA) is 36.4 Å². The van der Waals surface area contributed by atoms with Crippen molar-refractivity contribution in [1.82, 2.24) is 10.6 Å². The van der Waals surface area contributed by atoms with Gasteiger partial charge in [-0.15, -0.1) is 0 Å². The third-order valence-corrected chi connectivity index (χ3v) is 4.31. The first kappa shape index (κ1) is 13.9. The van der Waals surface area contributed by atoms with Gasteiger partial charge >= 0.3 is 0 Å². The number of benzene rings is 2. The number of hydrogen-bond acceptors (Lipinski definition) is 1. The zero-order valence-corrected chi connectivity index (χ0v) is 12.8. The predicted molar refractivity (Wildman–Crippen MR) is 89.6 cm³/mol. The average Bonchev–Trinajstić information content (AvgIpc) is 2.48. The highest BCUT2D eigenvalue weighted by Crippen LogP contribution is 2.24. The molecule has 2 aromatic carbocycles. The van der Waals surface area contributed by atoms with Gasteiger partial charge in [-0.25, -0.2) is 0 Å². The minimum Gasteiger partial charge on any atom is -0.354 e. The first-order valence-corrected chi connectivity index (χ1v) is 7.75. The number of nitrogens with zero attached hydrogens (tertiary/aromatic N) is 1. The van der Waals surface area contributed by atoms with Crippen LogP contribution in [0.25, 0.3) is 10.8 Å². The van der Waals surface area contributed by atoms with Gasteiger partial charge in [-0.2, -0.15) is 0 Å². The predicted octanol–water partition coefficient (Wildman–Crippen LogP) is 3.62. The first-order chi connectivity index (χ1) is 10.3. The van der Waals surface area contributed by atoms with Crippen LogP contribution in [0.3, 0.4) is 0 Å². The van der Waals surface area contributed by atoms with Crippen molar-refractivity contribution in [3.63, 3.8) is 0 Å². The molecular weight excluding hydrogens is 258 g/mol. The fraction of sp³-hybridized carbons (Fsp3) is 0.389. The molecule has 0 heterocycles. The summed E-state index contributed by atoms with van der Waals surface area (Å²) in [5, 5.41) is 9.59. The van der Waals surface area contributed by atoms with E-state index in [-0.39, 0.29) is 6.04 Å². The molecular formula is C18H23N3. The fourth-order valence-electron chi connectivity index (χ4n) is 2.83. The van der Waals surface area contributed by atoms with Crippen molar-refractivity contribution in [2.75, 3.05) is 7.05 Å². The van der Waals surface area contributed by atoms with E-state index in [9.17, 15) is 0 Å². The number of nitrogens with one attached hydrogen (secondary N) is 2. The molecule has 0 aliphatic heterocycles. The lowest BCUT2D eigenvalue weighted by Crippen LogP contribution is -2.46. The molecule has 2 aromatic rings. The van der Waals surface area contributed by atoms with Gasteiger partial charge in [-0.05, 0) is 42.5 Å². The molecule has 0 aromatic heterocycles. The molecule has 2 N–H and O–H groups in total. The summed E-state index contributed by atoms with van der Waals surface area (Å²) < 4.78 is 0. The lowest BCUT2D eigenvalue weighted by atomic mass is 9.93. The van der Waals surface area contributed by atoms with E-state index >= 15 is 0 Å². The smallest absolute Gasteiger partial charge is 0.191 e. The molecule has 0 bridgehead atoms. The summed E-state index contributed by atoms with van der Waals surface area (Å²) in [6.07, 6.45) is 3.83. The molecule has 1 atom stereocenters. The minimum absolute atomic E-state index is 0.224. The Balaban J connectivity index is 1.78. The van der Waals surface area contributed by atoms with Crippen LogP contribution in [-0.2, 0) is 0 Å². The molecule has 0 saturated heterocycles. The van der Waals surface area contributed by atoms with Crippen LogP contribution in [0.1, 0.15) is 37.8 Å². The molecule has 3 nitrogen and oxygen atoms in total. The van der Waals surface area contributed by atoms with Crippen LogP contribution >= 0.6 is 0 Å². The maximum atomic E-state index is 4.35. The summed E-state index contributed by atoms with van der Waals surface area (Å²) >= 11 is 0. The summed E-state index contributed by atoms with van der Waals surface area (Å²) in [5.41, 5.74) is 1.31. The highest BCUT2D eigenvalue weighted by molar-refractivity contribution is 5.87. The van der Waals surface area contributed by atoms with Gasteiger partial charge < -0.3 is 10.6 Å². The van der Waals surface area contributed by atoms with Gasteiger partial charge in [0.05, 0.1) is 6.04 Å². The highest BCUT2D eigenvalue weighted by Gasteiger charge is 2.19. The number of fused-ring (bicyclic) bond motifs is 1. The second-order valence-electron chi connectivity index (χ2n) is 5.78. The van der Waals surface area contributed by atoms with E-state index in [1.807, 2.05) is 7.05 Å². The SMILES string of the molecule is CN=C(NC1CCC1)NC(C)c1cccc2ccccc12. The fourth-order valence-corrected chi connectivity index (χ4v) is 2.83. The van der Waals surface area contributed by atoms with Gasteiger partial charge in [0.25, 0.3) is 0 Å². The normalized spacial score (nSPS) is 17.3. The Kier molecular flexibility index (Phi) is 4.09. The van der Waals surface area contributed by atoms with Crippen LogP contribution in [0, 0.1) is 0 Å². The van der Waals surface area contributed by atoms with Crippen molar-refractivity contribution in [2.24, 2.45) is 4.99 Å². The standard InChI is InChI=1S/C18H23N3/c1-13(20-18(19-2)21-15-9-6-10-15)16-12-5-8-14-7-3-4-11-17(14)16/h3-5,7-8,11-13,15H,6,9-10H2,1-2H3,(H2,19,20,21). The Labute approximate surface area is 126 Å². The van der Waals surface area contributed by atoms with Crippen LogP contribution in [0.2, 0.25) is 0 Å². The lowest BCUT2D eigenvalue weighted by molar-refractivity contribution is 0.378. The van der Waals surface area contributed by atoms with E-state index in [1.165, 1.54) is 35.6 Å². The van der Waals surface area contributed by atoms with Gasteiger partial charge in [-0.1, -0.05) is 42.5 Å². The lowest BCUT2D eigenvalue weighted by Gasteiger charge is -2.29. The maximum Gasteiger partial charge on any atom is 0.191 e. The van der Waals surface area contributed by atoms with E-state index in [2.05, 4.69) is 65.0 Å². The van der Waals surface area contributed by atoms with Gasteiger partial charge in [0.1, 0.15) is 0 Å². The van der Waals surface area contributed by atoms with Crippen LogP contribution in [0.4, 0.5) is 0 Å². The Hall–Kier alpha value is -2.03. The Bertz CT molecular complexity index is 638. The Morgan fingerprint density at radius 3 is 2.62 bits per heavy atom. The highest BCUT2D eigenvalue weighted by atomic mass is 15.2. The van der Waals surface area contributed by atoms with Crippen LogP contribution in [0.15, 0.2) is 47.5 Å². The average molecular weight is 281 g/mol. The van der Waals surface area contributed by atoms with Crippen molar-refractivity contribution in [3.05, 3.63) is 48.0 Å². The molecule has 1 aliphatic carbocycles. The van der Waals surface area contributed by atoms with Gasteiger partial charge in [0.2, 0.25) is 0 Å². The molecule has 0 amide bonds. The molecule has 1 fully saturated rings. The molecule has 1 aliphatic rings. The van der Waals surface area contributed by atoms with Crippen molar-refractivity contribution < 1.29 is 0 Å². The Morgan fingerprint density at radius 2 is 1.90 bits per heavy atom. The van der Waals surface area contributed by atoms with Crippen LogP contribution in [-0.4, -0.2) is 19.0 Å². The summed E-state index contributed by atoms with van der Waals surface area (Å²) in [6, 6.07) is 15.8. The maximum absolute atomic E-state index is 4.35. The number of hydrogen-bond donors (Lipinski definition) is 2. The second-order valence-corrected chi connectivity index (χ2v) is 5.78. The molecule has 110 valence electrons. The summed E-state index contributed by atoms with van der Waals surface area (Å²) in [4.78, 5) is 4.35. The molecule has 1 saturated carbocycles. The van der Waals surface area contributed by atoms with E-state index in [0.717, 1.165) is 5.96 Å². The zero-order chi connectivity index (χ0) is 14.7. The van der Waals surface area contributed by atoms with Crippen LogP contribution < -0.4 is 10.6 Å². The summed E-state index contributed by atoms with van der Waals surface area (Å²) in [7, 11) is 1.84. The van der Waals surface area contributed by atoms with Crippen molar-refractivity contribution in [2.45, 2.75) is 38.3 Å². The number of guanidine groups is 1. The van der Waals surface area contributed by atoms with E-state index in [1.54, 1.807) is 0 Å². The van der Waals surface area contributed by atoms with Crippen molar-refractivity contribution >= 4 is 16.7 Å².